The molecule has 0 aliphatic carbocycles. The molecule has 1 atom stereocenters. The van der Waals surface area contributed by atoms with E-state index in [9.17, 15) is 8.42 Å². The van der Waals surface area contributed by atoms with Crippen molar-refractivity contribution in [1.82, 2.24) is 5.32 Å². The van der Waals surface area contributed by atoms with E-state index in [0.29, 0.717) is 30.4 Å². The maximum Gasteiger partial charge on any atom is 0.182 e. The van der Waals surface area contributed by atoms with Crippen molar-refractivity contribution in [2.24, 2.45) is 0 Å². The van der Waals surface area contributed by atoms with Gasteiger partial charge in [0.1, 0.15) is 12.4 Å². The van der Waals surface area contributed by atoms with E-state index in [1.807, 2.05) is 0 Å². The third-order valence-electron chi connectivity index (χ3n) is 3.40. The van der Waals surface area contributed by atoms with E-state index < -0.39 is 9.84 Å². The lowest BCUT2D eigenvalue weighted by Crippen LogP contribution is -2.38. The Morgan fingerprint density at radius 3 is 2.52 bits per heavy atom. The molecular weight excluding hydrogens is 314 g/mol. The number of rotatable bonds is 6. The first-order chi connectivity index (χ1) is 9.64. The van der Waals surface area contributed by atoms with Crippen LogP contribution in [0.3, 0.4) is 0 Å². The van der Waals surface area contributed by atoms with Gasteiger partial charge in [-0.1, -0.05) is 0 Å². The maximum absolute atomic E-state index is 12.5. The van der Waals surface area contributed by atoms with Crippen LogP contribution in [0.15, 0.2) is 29.2 Å². The number of ether oxygens (including phenoxy) is 2. The van der Waals surface area contributed by atoms with Crippen molar-refractivity contribution in [3.05, 3.63) is 24.3 Å². The van der Waals surface area contributed by atoms with Crippen molar-refractivity contribution in [1.29, 1.82) is 0 Å². The summed E-state index contributed by atoms with van der Waals surface area (Å²) in [5.74, 6) is 0.655. The van der Waals surface area contributed by atoms with Crippen LogP contribution >= 0.6 is 12.4 Å². The highest BCUT2D eigenvalue weighted by atomic mass is 35.5. The molecule has 1 aromatic rings. The van der Waals surface area contributed by atoms with Crippen LogP contribution in [0.5, 0.6) is 5.75 Å². The second kappa shape index (κ2) is 8.58. The molecule has 1 aliphatic rings. The molecule has 7 heteroatoms. The summed E-state index contributed by atoms with van der Waals surface area (Å²) < 4.78 is 35.2. The standard InChI is InChI=1S/C14H21NO4S.ClH/c1-18-9-10-19-12-4-6-13(7-5-12)20(16,17)14-3-2-8-15-11-14;/h4-7,14-15H,2-3,8-11H2,1H3;1H. The first-order valence-electron chi connectivity index (χ1n) is 6.81. The Hall–Kier alpha value is -0.820. The van der Waals surface area contributed by atoms with E-state index in [0.717, 1.165) is 19.4 Å². The average Bonchev–Trinajstić information content (AvgIpc) is 2.49. The molecule has 5 nitrogen and oxygen atoms in total. The van der Waals surface area contributed by atoms with Crippen LogP contribution < -0.4 is 10.1 Å². The zero-order valence-corrected chi connectivity index (χ0v) is 13.7. The Bertz CT molecular complexity index is 512. The van der Waals surface area contributed by atoms with Gasteiger partial charge in [-0.3, -0.25) is 0 Å². The van der Waals surface area contributed by atoms with Crippen molar-refractivity contribution >= 4 is 22.2 Å². The molecule has 1 heterocycles. The first-order valence-corrected chi connectivity index (χ1v) is 8.35. The van der Waals surface area contributed by atoms with Crippen LogP contribution in [-0.4, -0.2) is 47.1 Å². The Balaban J connectivity index is 0.00000220. The van der Waals surface area contributed by atoms with Gasteiger partial charge in [-0.25, -0.2) is 8.42 Å². The number of benzene rings is 1. The second-order valence-corrected chi connectivity index (χ2v) is 7.05. The fourth-order valence-electron chi connectivity index (χ4n) is 2.25. The van der Waals surface area contributed by atoms with E-state index in [4.69, 9.17) is 9.47 Å². The second-order valence-electron chi connectivity index (χ2n) is 4.83. The fraction of sp³-hybridized carbons (Fsp3) is 0.571. The van der Waals surface area contributed by atoms with Crippen LogP contribution in [-0.2, 0) is 14.6 Å². The topological polar surface area (TPSA) is 64.6 Å². The van der Waals surface area contributed by atoms with Gasteiger partial charge in [0.15, 0.2) is 9.84 Å². The molecule has 1 saturated heterocycles. The van der Waals surface area contributed by atoms with Gasteiger partial charge in [0, 0.05) is 13.7 Å². The highest BCUT2D eigenvalue weighted by Crippen LogP contribution is 2.23. The van der Waals surface area contributed by atoms with Crippen LogP contribution in [0.2, 0.25) is 0 Å². The molecule has 0 aromatic heterocycles. The lowest BCUT2D eigenvalue weighted by molar-refractivity contribution is 0.146. The molecule has 0 radical (unpaired) electrons. The van der Waals surface area contributed by atoms with Crippen LogP contribution in [0.25, 0.3) is 0 Å². The molecule has 1 fully saturated rings. The van der Waals surface area contributed by atoms with Crippen LogP contribution in [0, 0.1) is 0 Å². The van der Waals surface area contributed by atoms with E-state index in [1.165, 1.54) is 0 Å². The molecule has 0 amide bonds. The number of nitrogens with one attached hydrogen (secondary N) is 1. The minimum absolute atomic E-state index is 0. The summed E-state index contributed by atoms with van der Waals surface area (Å²) in [5, 5.41) is 2.82. The van der Waals surface area contributed by atoms with Gasteiger partial charge in [0.05, 0.1) is 16.8 Å². The molecular formula is C14H22ClNO4S. The van der Waals surface area contributed by atoms with Gasteiger partial charge in [0.2, 0.25) is 0 Å². The van der Waals surface area contributed by atoms with E-state index in [-0.39, 0.29) is 17.7 Å². The lowest BCUT2D eigenvalue weighted by Gasteiger charge is -2.22. The summed E-state index contributed by atoms with van der Waals surface area (Å²) in [4.78, 5) is 0.366. The molecule has 0 spiro atoms. The molecule has 21 heavy (non-hydrogen) atoms. The summed E-state index contributed by atoms with van der Waals surface area (Å²) in [7, 11) is -1.64. The van der Waals surface area contributed by atoms with Gasteiger partial charge in [-0.15, -0.1) is 12.4 Å². The molecule has 1 unspecified atom stereocenters. The zero-order valence-electron chi connectivity index (χ0n) is 12.1. The third-order valence-corrected chi connectivity index (χ3v) is 5.61. The first kappa shape index (κ1) is 18.2. The number of sulfone groups is 1. The monoisotopic (exact) mass is 335 g/mol. The molecule has 0 saturated carbocycles. The molecule has 0 bridgehead atoms. The minimum atomic E-state index is -3.25. The van der Waals surface area contributed by atoms with E-state index in [2.05, 4.69) is 5.32 Å². The summed E-state index contributed by atoms with van der Waals surface area (Å²) in [6.45, 7) is 2.40. The smallest absolute Gasteiger partial charge is 0.182 e. The minimum Gasteiger partial charge on any atom is -0.491 e. The van der Waals surface area contributed by atoms with Crippen molar-refractivity contribution in [2.45, 2.75) is 23.0 Å². The van der Waals surface area contributed by atoms with Gasteiger partial charge in [-0.2, -0.15) is 0 Å². The number of hydrogen-bond donors (Lipinski definition) is 1. The normalized spacial score (nSPS) is 18.8. The van der Waals surface area contributed by atoms with Crippen molar-refractivity contribution in [2.75, 3.05) is 33.4 Å². The predicted octanol–water partition coefficient (Wildman–Crippen LogP) is 1.66. The molecule has 2 rings (SSSR count). The number of halogens is 1. The van der Waals surface area contributed by atoms with Crippen molar-refractivity contribution < 1.29 is 17.9 Å². The highest BCUT2D eigenvalue weighted by molar-refractivity contribution is 7.92. The van der Waals surface area contributed by atoms with Gasteiger partial charge in [0.25, 0.3) is 0 Å². The highest BCUT2D eigenvalue weighted by Gasteiger charge is 2.28. The van der Waals surface area contributed by atoms with E-state index >= 15 is 0 Å². The van der Waals surface area contributed by atoms with Gasteiger partial charge < -0.3 is 14.8 Å². The van der Waals surface area contributed by atoms with Gasteiger partial charge in [-0.05, 0) is 43.7 Å². The molecule has 120 valence electrons. The SMILES string of the molecule is COCCOc1ccc(S(=O)(=O)C2CCCNC2)cc1.Cl. The quantitative estimate of drug-likeness (QED) is 0.801. The Kier molecular flexibility index (Phi) is 7.45. The van der Waals surface area contributed by atoms with Crippen molar-refractivity contribution in [3.63, 3.8) is 0 Å². The van der Waals surface area contributed by atoms with Gasteiger partial charge >= 0.3 is 0 Å². The fourth-order valence-corrected chi connectivity index (χ4v) is 3.96. The van der Waals surface area contributed by atoms with Crippen LogP contribution in [0.4, 0.5) is 0 Å². The third kappa shape index (κ3) is 4.85. The molecule has 1 aromatic carbocycles. The molecule has 1 N–H and O–H groups in total. The largest absolute Gasteiger partial charge is 0.491 e. The number of methoxy groups -OCH3 is 1. The summed E-state index contributed by atoms with van der Waals surface area (Å²) >= 11 is 0. The molecule has 1 aliphatic heterocycles. The Morgan fingerprint density at radius 1 is 1.24 bits per heavy atom. The Labute approximate surface area is 132 Å². The zero-order chi connectivity index (χ0) is 14.4. The number of piperidine rings is 1. The number of hydrogen-bond acceptors (Lipinski definition) is 5. The van der Waals surface area contributed by atoms with E-state index in [1.54, 1.807) is 31.4 Å². The summed E-state index contributed by atoms with van der Waals surface area (Å²) in [5.41, 5.74) is 0. The van der Waals surface area contributed by atoms with Crippen molar-refractivity contribution in [3.8, 4) is 5.75 Å². The maximum atomic E-state index is 12.5. The Morgan fingerprint density at radius 2 is 1.95 bits per heavy atom. The predicted molar refractivity (Wildman–Crippen MR) is 84.1 cm³/mol. The average molecular weight is 336 g/mol. The summed E-state index contributed by atoms with van der Waals surface area (Å²) in [6, 6.07) is 6.62. The summed E-state index contributed by atoms with van der Waals surface area (Å²) in [6.07, 6.45) is 1.63. The lowest BCUT2D eigenvalue weighted by atomic mass is 10.2. The van der Waals surface area contributed by atoms with Crippen LogP contribution in [0.1, 0.15) is 12.8 Å².